The van der Waals surface area contributed by atoms with Crippen LogP contribution in [0.5, 0.6) is 0 Å². The van der Waals surface area contributed by atoms with Gasteiger partial charge >= 0.3 is 7.82 Å². The fourth-order valence-electron chi connectivity index (χ4n) is 4.81. The molecule has 1 amide bonds. The van der Waals surface area contributed by atoms with Crippen LogP contribution in [0.25, 0.3) is 0 Å². The highest BCUT2D eigenvalue weighted by atomic mass is 31.2. The standard InChI is InChI=1S/C32H67N2O6P/c1-6-8-10-12-13-14-15-16-17-18-19-20-22-23-25-31(35)30(33-32(36)26-24-21-11-9-7-2)29-40-41(37,38)39-28-27-34(3,4)5/h30-31,35H,6-29H2,1-5H3,(H-,33,36,37,38)/p+1. The van der Waals surface area contributed by atoms with Crippen LogP contribution in [0, 0.1) is 0 Å². The summed E-state index contributed by atoms with van der Waals surface area (Å²) >= 11 is 0. The first-order valence-corrected chi connectivity index (χ1v) is 18.4. The first-order valence-electron chi connectivity index (χ1n) is 16.9. The maximum atomic E-state index is 12.6. The number of phosphoric acid groups is 1. The molecule has 41 heavy (non-hydrogen) atoms. The lowest BCUT2D eigenvalue weighted by Crippen LogP contribution is -2.46. The second-order valence-corrected chi connectivity index (χ2v) is 14.4. The average Bonchev–Trinajstić information content (AvgIpc) is 2.90. The number of phosphoric ester groups is 1. The van der Waals surface area contributed by atoms with Gasteiger partial charge in [0, 0.05) is 6.42 Å². The number of nitrogens with zero attached hydrogens (tertiary/aromatic N) is 1. The van der Waals surface area contributed by atoms with E-state index < -0.39 is 20.0 Å². The largest absolute Gasteiger partial charge is 0.472 e. The Morgan fingerprint density at radius 3 is 1.63 bits per heavy atom. The highest BCUT2D eigenvalue weighted by Gasteiger charge is 2.28. The molecule has 0 spiro atoms. The van der Waals surface area contributed by atoms with Crippen LogP contribution in [0.4, 0.5) is 0 Å². The number of nitrogens with one attached hydrogen (secondary N) is 1. The van der Waals surface area contributed by atoms with Crippen molar-refractivity contribution < 1.29 is 32.9 Å². The number of likely N-dealkylation sites (N-methyl/N-ethyl adjacent to an activating group) is 1. The van der Waals surface area contributed by atoms with Crippen LogP contribution in [0.2, 0.25) is 0 Å². The molecule has 3 atom stereocenters. The van der Waals surface area contributed by atoms with Gasteiger partial charge in [0.05, 0.1) is 39.9 Å². The predicted molar refractivity (Wildman–Crippen MR) is 171 cm³/mol. The molecule has 246 valence electrons. The summed E-state index contributed by atoms with van der Waals surface area (Å²) in [6, 6.07) is -0.748. The maximum Gasteiger partial charge on any atom is 0.472 e. The summed E-state index contributed by atoms with van der Waals surface area (Å²) in [6.07, 6.45) is 23.0. The van der Waals surface area contributed by atoms with Crippen molar-refractivity contribution >= 4 is 13.7 Å². The molecule has 9 heteroatoms. The predicted octanol–water partition coefficient (Wildman–Crippen LogP) is 7.90. The van der Waals surface area contributed by atoms with E-state index in [1.165, 1.54) is 70.6 Å². The van der Waals surface area contributed by atoms with Gasteiger partial charge in [0.2, 0.25) is 5.91 Å². The minimum atomic E-state index is -4.28. The Bertz CT molecular complexity index is 659. The molecule has 3 N–H and O–H groups in total. The fraction of sp³-hybridized carbons (Fsp3) is 0.969. The summed E-state index contributed by atoms with van der Waals surface area (Å²) in [5.74, 6) is -0.158. The number of rotatable bonds is 30. The van der Waals surface area contributed by atoms with Crippen LogP contribution >= 0.6 is 7.82 Å². The number of hydrogen-bond donors (Lipinski definition) is 3. The van der Waals surface area contributed by atoms with Crippen molar-refractivity contribution in [1.82, 2.24) is 5.32 Å². The fourth-order valence-corrected chi connectivity index (χ4v) is 5.54. The molecule has 0 radical (unpaired) electrons. The van der Waals surface area contributed by atoms with Crippen molar-refractivity contribution in [3.05, 3.63) is 0 Å². The van der Waals surface area contributed by atoms with E-state index in [0.717, 1.165) is 51.4 Å². The highest BCUT2D eigenvalue weighted by molar-refractivity contribution is 7.47. The Morgan fingerprint density at radius 2 is 1.17 bits per heavy atom. The number of unbranched alkanes of at least 4 members (excludes halogenated alkanes) is 17. The zero-order valence-electron chi connectivity index (χ0n) is 27.5. The summed E-state index contributed by atoms with van der Waals surface area (Å²) in [4.78, 5) is 22.7. The molecule has 0 saturated heterocycles. The molecule has 0 aromatic carbocycles. The van der Waals surface area contributed by atoms with E-state index in [9.17, 15) is 19.4 Å². The minimum Gasteiger partial charge on any atom is -0.391 e. The number of hydrogen-bond acceptors (Lipinski definition) is 5. The Morgan fingerprint density at radius 1 is 0.732 bits per heavy atom. The van der Waals surface area contributed by atoms with Crippen molar-refractivity contribution in [3.63, 3.8) is 0 Å². The van der Waals surface area contributed by atoms with Crippen LogP contribution < -0.4 is 5.32 Å². The molecule has 0 heterocycles. The summed E-state index contributed by atoms with van der Waals surface area (Å²) in [7, 11) is 1.62. The molecule has 0 aliphatic carbocycles. The number of aliphatic hydroxyl groups excluding tert-OH is 1. The summed E-state index contributed by atoms with van der Waals surface area (Å²) in [5, 5.41) is 13.7. The van der Waals surface area contributed by atoms with Gasteiger partial charge in [-0.25, -0.2) is 4.57 Å². The molecule has 0 bridgehead atoms. The number of quaternary nitrogens is 1. The van der Waals surface area contributed by atoms with Gasteiger partial charge in [-0.1, -0.05) is 129 Å². The van der Waals surface area contributed by atoms with Gasteiger partial charge < -0.3 is 19.8 Å². The SMILES string of the molecule is CCCCCCCCCCCCCCCCC(O)C(COP(=O)(O)OCC[N+](C)(C)C)NC(=O)CCCCCCC. The third-order valence-corrected chi connectivity index (χ3v) is 8.59. The van der Waals surface area contributed by atoms with Gasteiger partial charge in [-0.2, -0.15) is 0 Å². The Hall–Kier alpha value is -0.500. The van der Waals surface area contributed by atoms with Crippen LogP contribution in [-0.4, -0.2) is 73.4 Å². The minimum absolute atomic E-state index is 0.0770. The van der Waals surface area contributed by atoms with Crippen LogP contribution in [-0.2, 0) is 18.4 Å². The lowest BCUT2D eigenvalue weighted by Gasteiger charge is -2.26. The van der Waals surface area contributed by atoms with Crippen molar-refractivity contribution in [2.75, 3.05) is 40.9 Å². The number of aliphatic hydroxyl groups is 1. The van der Waals surface area contributed by atoms with Crippen molar-refractivity contribution in [2.24, 2.45) is 0 Å². The van der Waals surface area contributed by atoms with E-state index in [4.69, 9.17) is 9.05 Å². The molecular formula is C32H68N2O6P+. The van der Waals surface area contributed by atoms with Gasteiger partial charge in [-0.3, -0.25) is 13.8 Å². The number of carbonyl (C=O) groups is 1. The first kappa shape index (κ1) is 40.5. The molecule has 8 nitrogen and oxygen atoms in total. The van der Waals surface area contributed by atoms with Crippen LogP contribution in [0.15, 0.2) is 0 Å². The van der Waals surface area contributed by atoms with Gasteiger partial charge in [-0.15, -0.1) is 0 Å². The van der Waals surface area contributed by atoms with Crippen LogP contribution in [0.1, 0.15) is 149 Å². The Balaban J connectivity index is 4.39. The summed E-state index contributed by atoms with van der Waals surface area (Å²) in [5.41, 5.74) is 0. The summed E-state index contributed by atoms with van der Waals surface area (Å²) in [6.45, 7) is 4.78. The van der Waals surface area contributed by atoms with E-state index in [-0.39, 0.29) is 19.1 Å². The quantitative estimate of drug-likeness (QED) is 0.0435. The molecule has 3 unspecified atom stereocenters. The van der Waals surface area contributed by atoms with E-state index in [1.807, 2.05) is 21.1 Å². The third-order valence-electron chi connectivity index (χ3n) is 7.61. The molecule has 0 aliphatic rings. The topological polar surface area (TPSA) is 105 Å². The van der Waals surface area contributed by atoms with Gasteiger partial charge in [-0.05, 0) is 12.8 Å². The van der Waals surface area contributed by atoms with Crippen molar-refractivity contribution in [3.8, 4) is 0 Å². The second-order valence-electron chi connectivity index (χ2n) is 12.9. The molecule has 0 saturated carbocycles. The van der Waals surface area contributed by atoms with E-state index in [2.05, 4.69) is 19.2 Å². The normalized spacial score (nSPS) is 15.0. The molecule has 0 fully saturated rings. The zero-order valence-corrected chi connectivity index (χ0v) is 28.4. The van der Waals surface area contributed by atoms with Gasteiger partial charge in [0.1, 0.15) is 13.2 Å². The van der Waals surface area contributed by atoms with Crippen molar-refractivity contribution in [2.45, 2.75) is 161 Å². The number of amides is 1. The first-order chi connectivity index (χ1) is 19.5. The monoisotopic (exact) mass is 607 g/mol. The molecule has 0 aliphatic heterocycles. The van der Waals surface area contributed by atoms with Crippen molar-refractivity contribution in [1.29, 1.82) is 0 Å². The second kappa shape index (κ2) is 25.9. The van der Waals surface area contributed by atoms with E-state index >= 15 is 0 Å². The molecule has 0 aromatic rings. The van der Waals surface area contributed by atoms with Gasteiger partial charge in [0.25, 0.3) is 0 Å². The Labute approximate surface area is 253 Å². The third kappa shape index (κ3) is 28.1. The number of carbonyl (C=O) groups excluding carboxylic acids is 1. The van der Waals surface area contributed by atoms with E-state index in [0.29, 0.717) is 23.9 Å². The molecular weight excluding hydrogens is 539 g/mol. The summed E-state index contributed by atoms with van der Waals surface area (Å²) < 4.78 is 23.3. The van der Waals surface area contributed by atoms with Crippen LogP contribution in [0.3, 0.4) is 0 Å². The lowest BCUT2D eigenvalue weighted by atomic mass is 10.0. The molecule has 0 rings (SSSR count). The maximum absolute atomic E-state index is 12.6. The average molecular weight is 608 g/mol. The zero-order chi connectivity index (χ0) is 30.8. The van der Waals surface area contributed by atoms with E-state index in [1.54, 1.807) is 0 Å². The smallest absolute Gasteiger partial charge is 0.391 e. The highest BCUT2D eigenvalue weighted by Crippen LogP contribution is 2.43. The molecule has 0 aromatic heterocycles. The van der Waals surface area contributed by atoms with Gasteiger partial charge in [0.15, 0.2) is 0 Å². The Kier molecular flexibility index (Phi) is 25.6. The lowest BCUT2D eigenvalue weighted by molar-refractivity contribution is -0.870.